The summed E-state index contributed by atoms with van der Waals surface area (Å²) < 4.78 is 25.1. The van der Waals surface area contributed by atoms with Gasteiger partial charge in [0, 0.05) is 5.56 Å². The molecular weight excluding hydrogens is 178 g/mol. The third-order valence-electron chi connectivity index (χ3n) is 1.69. The third-order valence-corrected chi connectivity index (χ3v) is 1.69. The molecule has 1 rings (SSSR count). The van der Waals surface area contributed by atoms with E-state index in [1.54, 1.807) is 0 Å². The molecule has 0 fully saturated rings. The zero-order valence-electron chi connectivity index (χ0n) is 6.76. The molecule has 1 aromatic carbocycles. The van der Waals surface area contributed by atoms with Crippen molar-refractivity contribution in [1.82, 2.24) is 0 Å². The lowest BCUT2D eigenvalue weighted by Crippen LogP contribution is -2.04. The maximum Gasteiger partial charge on any atom is 0.307 e. The Kier molecular flexibility index (Phi) is 2.95. The molecule has 1 N–H and O–H groups in total. The maximum absolute atomic E-state index is 12.9. The van der Waals surface area contributed by atoms with Crippen molar-refractivity contribution >= 4 is 5.97 Å². The van der Waals surface area contributed by atoms with Crippen LogP contribution in [0.5, 0.6) is 0 Å². The number of hydrogen-bond acceptors (Lipinski definition) is 1. The highest BCUT2D eigenvalue weighted by atomic mass is 19.1. The average Bonchev–Trinajstić information content (AvgIpc) is 2.03. The summed E-state index contributed by atoms with van der Waals surface area (Å²) >= 11 is 0. The van der Waals surface area contributed by atoms with E-state index in [1.165, 1.54) is 12.1 Å². The summed E-state index contributed by atoms with van der Waals surface area (Å²) in [6, 6.07) is 3.89. The van der Waals surface area contributed by atoms with Crippen molar-refractivity contribution in [1.29, 1.82) is 0 Å². The number of aliphatic carboxylic acids is 1. The van der Waals surface area contributed by atoms with Crippen molar-refractivity contribution in [2.45, 2.75) is 13.1 Å². The molecule has 0 radical (unpaired) electrons. The molecule has 1 aromatic rings. The summed E-state index contributed by atoms with van der Waals surface area (Å²) in [4.78, 5) is 10.3. The van der Waals surface area contributed by atoms with Gasteiger partial charge < -0.3 is 5.11 Å². The van der Waals surface area contributed by atoms with Gasteiger partial charge in [0.05, 0.1) is 6.42 Å². The second kappa shape index (κ2) is 3.98. The fourth-order valence-corrected chi connectivity index (χ4v) is 1.08. The monoisotopic (exact) mass is 186 g/mol. The largest absolute Gasteiger partial charge is 0.481 e. The Morgan fingerprint density at radius 3 is 2.69 bits per heavy atom. The molecule has 0 heterocycles. The molecular formula is C9H8F2O2. The first-order valence-electron chi connectivity index (χ1n) is 3.69. The standard InChI is InChI=1S/C9H8F2O2/c10-5-7-6(4-9(12)13)2-1-3-8(7)11/h1-3H,4-5H2,(H,12,13). The minimum atomic E-state index is -1.10. The number of halogens is 2. The van der Waals surface area contributed by atoms with E-state index in [9.17, 15) is 13.6 Å². The van der Waals surface area contributed by atoms with Crippen LogP contribution in [0, 0.1) is 5.82 Å². The Hall–Kier alpha value is -1.45. The Bertz CT molecular complexity index is 323. The van der Waals surface area contributed by atoms with Crippen molar-refractivity contribution in [3.63, 3.8) is 0 Å². The highest BCUT2D eigenvalue weighted by molar-refractivity contribution is 5.70. The van der Waals surface area contributed by atoms with Crippen molar-refractivity contribution in [2.24, 2.45) is 0 Å². The highest BCUT2D eigenvalue weighted by Crippen LogP contribution is 2.15. The molecule has 0 bridgehead atoms. The van der Waals surface area contributed by atoms with Crippen LogP contribution in [-0.4, -0.2) is 11.1 Å². The molecule has 70 valence electrons. The fourth-order valence-electron chi connectivity index (χ4n) is 1.08. The van der Waals surface area contributed by atoms with Crippen molar-refractivity contribution in [2.75, 3.05) is 0 Å². The van der Waals surface area contributed by atoms with Gasteiger partial charge in [0.25, 0.3) is 0 Å². The van der Waals surface area contributed by atoms with Gasteiger partial charge in [-0.3, -0.25) is 4.79 Å². The van der Waals surface area contributed by atoms with E-state index in [4.69, 9.17) is 5.11 Å². The van der Waals surface area contributed by atoms with Crippen LogP contribution in [0.15, 0.2) is 18.2 Å². The second-order valence-corrected chi connectivity index (χ2v) is 2.58. The van der Waals surface area contributed by atoms with Gasteiger partial charge in [0.2, 0.25) is 0 Å². The Balaban J connectivity index is 3.05. The minimum absolute atomic E-state index is 0.162. The predicted molar refractivity (Wildman–Crippen MR) is 42.6 cm³/mol. The van der Waals surface area contributed by atoms with Crippen molar-refractivity contribution < 1.29 is 18.7 Å². The summed E-state index contributed by atoms with van der Waals surface area (Å²) in [5, 5.41) is 8.43. The highest BCUT2D eigenvalue weighted by Gasteiger charge is 2.10. The first kappa shape index (κ1) is 9.64. The van der Waals surface area contributed by atoms with Crippen LogP contribution in [0.1, 0.15) is 11.1 Å². The van der Waals surface area contributed by atoms with Crippen molar-refractivity contribution in [3.8, 4) is 0 Å². The van der Waals surface area contributed by atoms with Gasteiger partial charge in [-0.15, -0.1) is 0 Å². The molecule has 2 nitrogen and oxygen atoms in total. The molecule has 0 aromatic heterocycles. The first-order valence-corrected chi connectivity index (χ1v) is 3.69. The molecule has 0 unspecified atom stereocenters. The normalized spacial score (nSPS) is 10.0. The van der Waals surface area contributed by atoms with Crippen LogP contribution >= 0.6 is 0 Å². The SMILES string of the molecule is O=C(O)Cc1cccc(F)c1CF. The maximum atomic E-state index is 12.9. The number of alkyl halides is 1. The van der Waals surface area contributed by atoms with Gasteiger partial charge in [-0.25, -0.2) is 8.78 Å². The van der Waals surface area contributed by atoms with E-state index < -0.39 is 18.5 Å². The van der Waals surface area contributed by atoms with Crippen LogP contribution < -0.4 is 0 Å². The van der Waals surface area contributed by atoms with Crippen LogP contribution in [0.2, 0.25) is 0 Å². The molecule has 0 aliphatic heterocycles. The molecule has 13 heavy (non-hydrogen) atoms. The lowest BCUT2D eigenvalue weighted by molar-refractivity contribution is -0.136. The summed E-state index contributed by atoms with van der Waals surface area (Å²) in [5.41, 5.74) is 0.0277. The average molecular weight is 186 g/mol. The number of carboxylic acids is 1. The van der Waals surface area contributed by atoms with Gasteiger partial charge in [-0.1, -0.05) is 12.1 Å². The zero-order chi connectivity index (χ0) is 9.84. The number of carbonyl (C=O) groups is 1. The van der Waals surface area contributed by atoms with E-state index in [2.05, 4.69) is 0 Å². The molecule has 0 saturated heterocycles. The molecule has 4 heteroatoms. The summed E-state index contributed by atoms with van der Waals surface area (Å²) in [5.74, 6) is -1.79. The van der Waals surface area contributed by atoms with E-state index in [0.29, 0.717) is 0 Å². The second-order valence-electron chi connectivity index (χ2n) is 2.58. The summed E-state index contributed by atoms with van der Waals surface area (Å²) in [7, 11) is 0. The fraction of sp³-hybridized carbons (Fsp3) is 0.222. The van der Waals surface area contributed by atoms with Gasteiger partial charge >= 0.3 is 5.97 Å². The third kappa shape index (κ3) is 2.24. The number of benzene rings is 1. The summed E-state index contributed by atoms with van der Waals surface area (Å²) in [6.07, 6.45) is -0.350. The van der Waals surface area contributed by atoms with Crippen LogP contribution in [0.4, 0.5) is 8.78 Å². The van der Waals surface area contributed by atoms with Gasteiger partial charge in [-0.2, -0.15) is 0 Å². The lowest BCUT2D eigenvalue weighted by Gasteiger charge is -2.04. The number of carboxylic acid groups (broad SMARTS) is 1. The Labute approximate surface area is 73.8 Å². The predicted octanol–water partition coefficient (Wildman–Crippen LogP) is 1.92. The molecule has 0 aliphatic rings. The Morgan fingerprint density at radius 1 is 1.46 bits per heavy atom. The molecule has 0 amide bonds. The van der Waals surface area contributed by atoms with E-state index in [0.717, 1.165) is 6.07 Å². The van der Waals surface area contributed by atoms with Gasteiger partial charge in [0.15, 0.2) is 0 Å². The van der Waals surface area contributed by atoms with Crippen LogP contribution in [0.3, 0.4) is 0 Å². The molecule has 0 spiro atoms. The molecule has 0 aliphatic carbocycles. The zero-order valence-corrected chi connectivity index (χ0v) is 6.76. The van der Waals surface area contributed by atoms with Crippen LogP contribution in [-0.2, 0) is 17.9 Å². The smallest absolute Gasteiger partial charge is 0.307 e. The van der Waals surface area contributed by atoms with Crippen molar-refractivity contribution in [3.05, 3.63) is 35.1 Å². The van der Waals surface area contributed by atoms with Crippen LogP contribution in [0.25, 0.3) is 0 Å². The van der Waals surface area contributed by atoms with Gasteiger partial charge in [-0.05, 0) is 11.6 Å². The lowest BCUT2D eigenvalue weighted by atomic mass is 10.1. The number of hydrogen-bond donors (Lipinski definition) is 1. The minimum Gasteiger partial charge on any atom is -0.481 e. The molecule has 0 atom stereocenters. The van der Waals surface area contributed by atoms with E-state index >= 15 is 0 Å². The van der Waals surface area contributed by atoms with Gasteiger partial charge in [0.1, 0.15) is 12.5 Å². The van der Waals surface area contributed by atoms with E-state index in [-0.39, 0.29) is 17.5 Å². The van der Waals surface area contributed by atoms with E-state index in [1.807, 2.05) is 0 Å². The summed E-state index contributed by atoms with van der Waals surface area (Å²) in [6.45, 7) is -0.977. The topological polar surface area (TPSA) is 37.3 Å². The first-order chi connectivity index (χ1) is 6.15. The quantitative estimate of drug-likeness (QED) is 0.783. The Morgan fingerprint density at radius 2 is 2.15 bits per heavy atom. The molecule has 0 saturated carbocycles. The number of rotatable bonds is 3.